The molecule has 0 spiro atoms. The highest BCUT2D eigenvalue weighted by atomic mass is 79.9. The summed E-state index contributed by atoms with van der Waals surface area (Å²) in [5, 5.41) is 6.01. The molecule has 1 N–H and O–H groups in total. The van der Waals surface area contributed by atoms with Crippen LogP contribution in [0.2, 0.25) is 0 Å². The van der Waals surface area contributed by atoms with Crippen LogP contribution in [0.25, 0.3) is 0 Å². The molecule has 114 valence electrons. The minimum absolute atomic E-state index is 0.553. The Morgan fingerprint density at radius 1 is 1.25 bits per heavy atom. The van der Waals surface area contributed by atoms with E-state index in [0.717, 1.165) is 24.3 Å². The van der Waals surface area contributed by atoms with E-state index in [1.54, 1.807) is 0 Å². The van der Waals surface area contributed by atoms with Gasteiger partial charge in [0.1, 0.15) is 0 Å². The number of hydrogen-bond acceptors (Lipinski definition) is 2. The van der Waals surface area contributed by atoms with Crippen molar-refractivity contribution in [3.8, 4) is 0 Å². The van der Waals surface area contributed by atoms with E-state index < -0.39 is 0 Å². The van der Waals surface area contributed by atoms with Crippen LogP contribution in [-0.2, 0) is 0 Å². The summed E-state index contributed by atoms with van der Waals surface area (Å²) in [5.74, 6) is 2.61. The molecule has 2 rings (SSSR count). The van der Waals surface area contributed by atoms with Crippen LogP contribution in [-0.4, -0.2) is 6.54 Å². The molecule has 1 aromatic heterocycles. The number of hydrogen-bond donors (Lipinski definition) is 1. The van der Waals surface area contributed by atoms with Gasteiger partial charge in [-0.15, -0.1) is 11.3 Å². The fraction of sp³-hybridized carbons (Fsp3) is 0.765. The standard InChI is InChI=1S/C17H28BrNS/c1-4-10-19-16(17-15(18)9-11-20-17)14-7-5-13(6-8-14)12(2)3/h9,11-14,16,19H,4-8,10H2,1-3H3. The van der Waals surface area contributed by atoms with E-state index in [-0.39, 0.29) is 0 Å². The fourth-order valence-electron chi connectivity index (χ4n) is 3.45. The van der Waals surface area contributed by atoms with Gasteiger partial charge in [-0.25, -0.2) is 0 Å². The van der Waals surface area contributed by atoms with Gasteiger partial charge in [-0.2, -0.15) is 0 Å². The van der Waals surface area contributed by atoms with Crippen molar-refractivity contribution >= 4 is 27.3 Å². The van der Waals surface area contributed by atoms with Crippen molar-refractivity contribution in [2.45, 2.75) is 58.9 Å². The van der Waals surface area contributed by atoms with E-state index in [4.69, 9.17) is 0 Å². The van der Waals surface area contributed by atoms with E-state index in [1.165, 1.54) is 41.5 Å². The molecule has 0 aliphatic heterocycles. The number of rotatable bonds is 6. The smallest absolute Gasteiger partial charge is 0.0454 e. The Kier molecular flexibility index (Phi) is 6.57. The lowest BCUT2D eigenvalue weighted by Gasteiger charge is -2.35. The van der Waals surface area contributed by atoms with E-state index in [0.29, 0.717) is 6.04 Å². The lowest BCUT2D eigenvalue weighted by Crippen LogP contribution is -2.32. The Labute approximate surface area is 136 Å². The molecule has 1 nitrogen and oxygen atoms in total. The molecule has 0 saturated heterocycles. The van der Waals surface area contributed by atoms with Crippen molar-refractivity contribution in [2.75, 3.05) is 6.54 Å². The van der Waals surface area contributed by atoms with Gasteiger partial charge in [-0.05, 0) is 83.8 Å². The SMILES string of the molecule is CCCNC(c1sccc1Br)C1CCC(C(C)C)CC1. The summed E-state index contributed by atoms with van der Waals surface area (Å²) >= 11 is 5.63. The van der Waals surface area contributed by atoms with Crippen molar-refractivity contribution < 1.29 is 0 Å². The Hall–Kier alpha value is 0.140. The average Bonchev–Trinajstić information content (AvgIpc) is 2.86. The topological polar surface area (TPSA) is 12.0 Å². The maximum atomic E-state index is 3.81. The normalized spacial score (nSPS) is 25.1. The summed E-state index contributed by atoms with van der Waals surface area (Å²) < 4.78 is 1.29. The highest BCUT2D eigenvalue weighted by molar-refractivity contribution is 9.10. The maximum Gasteiger partial charge on any atom is 0.0454 e. The lowest BCUT2D eigenvalue weighted by atomic mass is 9.74. The van der Waals surface area contributed by atoms with Crippen molar-refractivity contribution in [3.05, 3.63) is 20.8 Å². The minimum Gasteiger partial charge on any atom is -0.309 e. The number of thiophene rings is 1. The Balaban J connectivity index is 2.03. The first-order valence-corrected chi connectivity index (χ1v) is 9.77. The second-order valence-corrected chi connectivity index (χ2v) is 8.29. The first kappa shape index (κ1) is 16.5. The number of halogens is 1. The van der Waals surface area contributed by atoms with E-state index >= 15 is 0 Å². The molecule has 1 aliphatic carbocycles. The number of nitrogens with one attached hydrogen (secondary N) is 1. The first-order valence-electron chi connectivity index (χ1n) is 8.09. The summed E-state index contributed by atoms with van der Waals surface area (Å²) in [6, 6.07) is 2.75. The van der Waals surface area contributed by atoms with Gasteiger partial charge in [-0.1, -0.05) is 20.8 Å². The maximum absolute atomic E-state index is 3.81. The van der Waals surface area contributed by atoms with Crippen molar-refractivity contribution in [1.29, 1.82) is 0 Å². The van der Waals surface area contributed by atoms with Crippen molar-refractivity contribution in [1.82, 2.24) is 5.32 Å². The Morgan fingerprint density at radius 2 is 1.90 bits per heavy atom. The van der Waals surface area contributed by atoms with Gasteiger partial charge in [-0.3, -0.25) is 0 Å². The summed E-state index contributed by atoms with van der Waals surface area (Å²) in [6.07, 6.45) is 6.80. The molecular weight excluding hydrogens is 330 g/mol. The van der Waals surface area contributed by atoms with Gasteiger partial charge in [0, 0.05) is 15.4 Å². The van der Waals surface area contributed by atoms with E-state index in [9.17, 15) is 0 Å². The second kappa shape index (κ2) is 7.95. The van der Waals surface area contributed by atoms with Crippen LogP contribution in [0.1, 0.15) is 63.8 Å². The molecule has 1 fully saturated rings. The molecule has 1 unspecified atom stereocenters. The molecular formula is C17H28BrNS. The van der Waals surface area contributed by atoms with Gasteiger partial charge < -0.3 is 5.32 Å². The van der Waals surface area contributed by atoms with Crippen molar-refractivity contribution in [3.63, 3.8) is 0 Å². The zero-order valence-corrected chi connectivity index (χ0v) is 15.4. The predicted molar refractivity (Wildman–Crippen MR) is 93.3 cm³/mol. The molecule has 0 aromatic carbocycles. The molecule has 0 radical (unpaired) electrons. The van der Waals surface area contributed by atoms with Gasteiger partial charge in [0.2, 0.25) is 0 Å². The largest absolute Gasteiger partial charge is 0.309 e. The average molecular weight is 358 g/mol. The van der Waals surface area contributed by atoms with Crippen LogP contribution in [0.5, 0.6) is 0 Å². The molecule has 1 saturated carbocycles. The van der Waals surface area contributed by atoms with E-state index in [1.807, 2.05) is 11.3 Å². The van der Waals surface area contributed by atoms with Crippen LogP contribution in [0.15, 0.2) is 15.9 Å². The summed E-state index contributed by atoms with van der Waals surface area (Å²) in [5.41, 5.74) is 0. The van der Waals surface area contributed by atoms with Crippen molar-refractivity contribution in [2.24, 2.45) is 17.8 Å². The summed E-state index contributed by atoms with van der Waals surface area (Å²) in [6.45, 7) is 8.14. The zero-order chi connectivity index (χ0) is 14.5. The van der Waals surface area contributed by atoms with Crippen LogP contribution < -0.4 is 5.32 Å². The molecule has 1 atom stereocenters. The quantitative estimate of drug-likeness (QED) is 0.656. The van der Waals surface area contributed by atoms with Gasteiger partial charge in [0.25, 0.3) is 0 Å². The highest BCUT2D eigenvalue weighted by Crippen LogP contribution is 2.42. The molecule has 3 heteroatoms. The van der Waals surface area contributed by atoms with Crippen LogP contribution in [0, 0.1) is 17.8 Å². The summed E-state index contributed by atoms with van der Waals surface area (Å²) in [4.78, 5) is 1.51. The third kappa shape index (κ3) is 4.08. The molecule has 1 aromatic rings. The fourth-order valence-corrected chi connectivity index (χ4v) is 5.23. The highest BCUT2D eigenvalue weighted by Gasteiger charge is 2.30. The van der Waals surface area contributed by atoms with E-state index in [2.05, 4.69) is 53.5 Å². The third-order valence-corrected chi connectivity index (χ3v) is 6.73. The van der Waals surface area contributed by atoms with Gasteiger partial charge in [0.05, 0.1) is 0 Å². The lowest BCUT2D eigenvalue weighted by molar-refractivity contribution is 0.190. The molecule has 20 heavy (non-hydrogen) atoms. The van der Waals surface area contributed by atoms with Crippen LogP contribution >= 0.6 is 27.3 Å². The van der Waals surface area contributed by atoms with Crippen LogP contribution in [0.3, 0.4) is 0 Å². The molecule has 1 aliphatic rings. The second-order valence-electron chi connectivity index (χ2n) is 6.48. The molecule has 0 amide bonds. The first-order chi connectivity index (χ1) is 9.63. The van der Waals surface area contributed by atoms with Gasteiger partial charge >= 0.3 is 0 Å². The third-order valence-electron chi connectivity index (χ3n) is 4.77. The monoisotopic (exact) mass is 357 g/mol. The molecule has 0 bridgehead atoms. The predicted octanol–water partition coefficient (Wildman–Crippen LogP) is 6.01. The van der Waals surface area contributed by atoms with Crippen LogP contribution in [0.4, 0.5) is 0 Å². The summed E-state index contributed by atoms with van der Waals surface area (Å²) in [7, 11) is 0. The Morgan fingerprint density at radius 3 is 2.40 bits per heavy atom. The Bertz CT molecular complexity index is 393. The minimum atomic E-state index is 0.553. The van der Waals surface area contributed by atoms with Gasteiger partial charge in [0.15, 0.2) is 0 Å². The zero-order valence-electron chi connectivity index (χ0n) is 13.0. The molecule has 1 heterocycles.